The van der Waals surface area contributed by atoms with E-state index < -0.39 is 6.10 Å². The summed E-state index contributed by atoms with van der Waals surface area (Å²) < 4.78 is 11.1. The topological polar surface area (TPSA) is 76.7 Å². The lowest BCUT2D eigenvalue weighted by Crippen LogP contribution is -2.33. The zero-order chi connectivity index (χ0) is 13.7. The number of ether oxygens (including phenoxy) is 2. The molecule has 1 aromatic carbocycles. The van der Waals surface area contributed by atoms with Crippen LogP contribution in [-0.4, -0.2) is 44.1 Å². The molecule has 1 heterocycles. The van der Waals surface area contributed by atoms with Crippen molar-refractivity contribution in [3.8, 4) is 11.5 Å². The molecule has 0 spiro atoms. The van der Waals surface area contributed by atoms with Crippen molar-refractivity contribution in [2.24, 2.45) is 5.73 Å². The maximum absolute atomic E-state index is 9.34. The molecule has 0 amide bonds. The van der Waals surface area contributed by atoms with Gasteiger partial charge in [-0.15, -0.1) is 0 Å². The monoisotopic (exact) mass is 266 g/mol. The summed E-state index contributed by atoms with van der Waals surface area (Å²) in [5, 5.41) is 12.5. The largest absolute Gasteiger partial charge is 0.486 e. The van der Waals surface area contributed by atoms with Gasteiger partial charge in [0.2, 0.25) is 0 Å². The fourth-order valence-electron chi connectivity index (χ4n) is 2.08. The molecule has 0 aromatic heterocycles. The van der Waals surface area contributed by atoms with Crippen LogP contribution in [0, 0.1) is 6.92 Å². The highest BCUT2D eigenvalue weighted by molar-refractivity contribution is 5.47. The van der Waals surface area contributed by atoms with Gasteiger partial charge in [0.05, 0.1) is 6.10 Å². The molecule has 0 fully saturated rings. The van der Waals surface area contributed by atoms with E-state index >= 15 is 0 Å². The Morgan fingerprint density at radius 1 is 1.32 bits per heavy atom. The van der Waals surface area contributed by atoms with E-state index in [1.165, 1.54) is 11.1 Å². The first kappa shape index (κ1) is 14.1. The molecule has 1 aliphatic rings. The molecule has 1 atom stereocenters. The summed E-state index contributed by atoms with van der Waals surface area (Å²) in [6, 6.07) is 4.07. The van der Waals surface area contributed by atoms with Crippen LogP contribution >= 0.6 is 0 Å². The lowest BCUT2D eigenvalue weighted by atomic mass is 10.0. The fraction of sp³-hybridized carbons (Fsp3) is 0.571. The molecule has 4 N–H and O–H groups in total. The Labute approximate surface area is 113 Å². The number of hydrogen-bond acceptors (Lipinski definition) is 5. The van der Waals surface area contributed by atoms with Crippen LogP contribution in [0.15, 0.2) is 12.1 Å². The Hall–Kier alpha value is -1.30. The van der Waals surface area contributed by atoms with Crippen LogP contribution in [0.5, 0.6) is 11.5 Å². The van der Waals surface area contributed by atoms with Crippen LogP contribution in [0.25, 0.3) is 0 Å². The normalized spacial score (nSPS) is 15.3. The second-order valence-electron chi connectivity index (χ2n) is 4.77. The fourth-order valence-corrected chi connectivity index (χ4v) is 2.08. The van der Waals surface area contributed by atoms with Gasteiger partial charge in [-0.3, -0.25) is 0 Å². The van der Waals surface area contributed by atoms with Crippen LogP contribution < -0.4 is 20.5 Å². The summed E-state index contributed by atoms with van der Waals surface area (Å²) in [5.74, 6) is 1.66. The van der Waals surface area contributed by atoms with Gasteiger partial charge in [-0.2, -0.15) is 0 Å². The van der Waals surface area contributed by atoms with Gasteiger partial charge < -0.3 is 25.6 Å². The third kappa shape index (κ3) is 3.83. The number of aliphatic hydroxyl groups is 1. The molecule has 0 saturated carbocycles. The Morgan fingerprint density at radius 3 is 2.68 bits per heavy atom. The first-order chi connectivity index (χ1) is 9.20. The maximum atomic E-state index is 9.34. The van der Waals surface area contributed by atoms with Crippen molar-refractivity contribution in [2.75, 3.05) is 32.8 Å². The molecular formula is C14H22N2O3. The quantitative estimate of drug-likeness (QED) is 0.642. The lowest BCUT2D eigenvalue weighted by Gasteiger charge is -2.20. The first-order valence-corrected chi connectivity index (χ1v) is 6.68. The molecule has 0 bridgehead atoms. The summed E-state index contributed by atoms with van der Waals surface area (Å²) in [7, 11) is 0. The lowest BCUT2D eigenvalue weighted by molar-refractivity contribution is 0.171. The van der Waals surface area contributed by atoms with Crippen molar-refractivity contribution in [3.05, 3.63) is 23.3 Å². The third-order valence-corrected chi connectivity index (χ3v) is 3.22. The zero-order valence-corrected chi connectivity index (χ0v) is 11.3. The molecular weight excluding hydrogens is 244 g/mol. The summed E-state index contributed by atoms with van der Waals surface area (Å²) in [4.78, 5) is 0. The Kier molecular flexibility index (Phi) is 5.01. The van der Waals surface area contributed by atoms with Gasteiger partial charge in [0, 0.05) is 13.1 Å². The van der Waals surface area contributed by atoms with E-state index in [0.29, 0.717) is 19.8 Å². The average Bonchev–Trinajstić information content (AvgIpc) is 2.43. The summed E-state index contributed by atoms with van der Waals surface area (Å²) >= 11 is 0. The zero-order valence-electron chi connectivity index (χ0n) is 11.3. The van der Waals surface area contributed by atoms with Crippen LogP contribution in [0.1, 0.15) is 11.1 Å². The molecule has 1 unspecified atom stereocenters. The van der Waals surface area contributed by atoms with Crippen LogP contribution in [0.3, 0.4) is 0 Å². The number of benzene rings is 1. The summed E-state index contributed by atoms with van der Waals surface area (Å²) in [5.41, 5.74) is 7.78. The van der Waals surface area contributed by atoms with Gasteiger partial charge in [-0.1, -0.05) is 0 Å². The standard InChI is InChI=1S/C14H22N2O3/c1-10-6-13-14(19-5-4-18-13)7-11(10)2-3-16-9-12(17)8-15/h6-7,12,16-17H,2-5,8-9,15H2,1H3. The van der Waals surface area contributed by atoms with Gasteiger partial charge >= 0.3 is 0 Å². The van der Waals surface area contributed by atoms with E-state index in [1.54, 1.807) is 0 Å². The number of nitrogens with two attached hydrogens (primary N) is 1. The van der Waals surface area contributed by atoms with E-state index in [0.717, 1.165) is 24.5 Å². The van der Waals surface area contributed by atoms with Crippen LogP contribution in [0.4, 0.5) is 0 Å². The Morgan fingerprint density at radius 2 is 2.00 bits per heavy atom. The number of hydrogen-bond donors (Lipinski definition) is 3. The van der Waals surface area contributed by atoms with E-state index in [-0.39, 0.29) is 6.54 Å². The van der Waals surface area contributed by atoms with E-state index in [9.17, 15) is 5.11 Å². The summed E-state index contributed by atoms with van der Waals surface area (Å²) in [6.45, 7) is 4.91. The number of nitrogens with one attached hydrogen (secondary N) is 1. The number of fused-ring (bicyclic) bond motifs is 1. The minimum atomic E-state index is -0.471. The smallest absolute Gasteiger partial charge is 0.161 e. The molecule has 0 saturated heterocycles. The minimum Gasteiger partial charge on any atom is -0.486 e. The van der Waals surface area contributed by atoms with Crippen LogP contribution in [-0.2, 0) is 6.42 Å². The molecule has 0 aliphatic carbocycles. The predicted molar refractivity (Wildman–Crippen MR) is 73.8 cm³/mol. The van der Waals surface area contributed by atoms with E-state index in [2.05, 4.69) is 12.2 Å². The van der Waals surface area contributed by atoms with Crippen molar-refractivity contribution in [3.63, 3.8) is 0 Å². The SMILES string of the molecule is Cc1cc2c(cc1CCNCC(O)CN)OCCO2. The molecule has 2 rings (SSSR count). The highest BCUT2D eigenvalue weighted by atomic mass is 16.6. The minimum absolute atomic E-state index is 0.288. The van der Waals surface area contributed by atoms with Crippen LogP contribution in [0.2, 0.25) is 0 Å². The summed E-state index contributed by atoms with van der Waals surface area (Å²) in [6.07, 6.45) is 0.418. The van der Waals surface area contributed by atoms with E-state index in [4.69, 9.17) is 15.2 Å². The second kappa shape index (κ2) is 6.75. The third-order valence-electron chi connectivity index (χ3n) is 3.22. The van der Waals surface area contributed by atoms with Gasteiger partial charge in [-0.05, 0) is 43.1 Å². The van der Waals surface area contributed by atoms with E-state index in [1.807, 2.05) is 12.1 Å². The molecule has 1 aliphatic heterocycles. The molecule has 5 heteroatoms. The molecule has 19 heavy (non-hydrogen) atoms. The number of aryl methyl sites for hydroxylation is 1. The number of rotatable bonds is 6. The predicted octanol–water partition coefficient (Wildman–Crippen LogP) is 0.218. The number of aliphatic hydroxyl groups excluding tert-OH is 1. The van der Waals surface area contributed by atoms with Gasteiger partial charge in [0.15, 0.2) is 11.5 Å². The molecule has 106 valence electrons. The highest BCUT2D eigenvalue weighted by Crippen LogP contribution is 2.33. The Balaban J connectivity index is 1.89. The van der Waals surface area contributed by atoms with Gasteiger partial charge in [-0.25, -0.2) is 0 Å². The van der Waals surface area contributed by atoms with Crippen molar-refractivity contribution in [1.29, 1.82) is 0 Å². The first-order valence-electron chi connectivity index (χ1n) is 6.68. The molecule has 1 aromatic rings. The van der Waals surface area contributed by atoms with Gasteiger partial charge in [0.25, 0.3) is 0 Å². The maximum Gasteiger partial charge on any atom is 0.161 e. The molecule has 5 nitrogen and oxygen atoms in total. The van der Waals surface area contributed by atoms with Crippen molar-refractivity contribution in [1.82, 2.24) is 5.32 Å². The average molecular weight is 266 g/mol. The highest BCUT2D eigenvalue weighted by Gasteiger charge is 2.13. The van der Waals surface area contributed by atoms with Crippen molar-refractivity contribution >= 4 is 0 Å². The Bertz CT molecular complexity index is 423. The second-order valence-corrected chi connectivity index (χ2v) is 4.77. The van der Waals surface area contributed by atoms with Gasteiger partial charge in [0.1, 0.15) is 13.2 Å². The molecule has 0 radical (unpaired) electrons. The van der Waals surface area contributed by atoms with Crippen molar-refractivity contribution in [2.45, 2.75) is 19.4 Å². The van der Waals surface area contributed by atoms with Crippen molar-refractivity contribution < 1.29 is 14.6 Å².